The minimum Gasteiger partial charge on any atom is -0.382 e. The van der Waals surface area contributed by atoms with Gasteiger partial charge < -0.3 is 14.2 Å². The van der Waals surface area contributed by atoms with Crippen LogP contribution in [0.4, 0.5) is 0 Å². The number of hydrogen-bond acceptors (Lipinski definition) is 5. The van der Waals surface area contributed by atoms with E-state index in [2.05, 4.69) is 0 Å². The summed E-state index contributed by atoms with van der Waals surface area (Å²) >= 11 is 0. The standard InChI is InChI=1S/C12H25NO5S/c1-11-9-13(12(2,3)10-18-11)19(14,15)8-7-17-6-5-16-4/h11H,5-10H2,1-4H3. The molecule has 1 rings (SSSR count). The van der Waals surface area contributed by atoms with Gasteiger partial charge in [0.25, 0.3) is 0 Å². The molecule has 1 unspecified atom stereocenters. The molecule has 0 spiro atoms. The van der Waals surface area contributed by atoms with Crippen LogP contribution in [0.2, 0.25) is 0 Å². The van der Waals surface area contributed by atoms with Crippen LogP contribution in [0.3, 0.4) is 0 Å². The molecular weight excluding hydrogens is 270 g/mol. The maximum Gasteiger partial charge on any atom is 0.217 e. The lowest BCUT2D eigenvalue weighted by Crippen LogP contribution is -2.58. The highest BCUT2D eigenvalue weighted by Gasteiger charge is 2.40. The first kappa shape index (κ1) is 16.8. The highest BCUT2D eigenvalue weighted by molar-refractivity contribution is 7.89. The van der Waals surface area contributed by atoms with Crippen LogP contribution in [0.25, 0.3) is 0 Å². The lowest BCUT2D eigenvalue weighted by Gasteiger charge is -2.43. The Balaban J connectivity index is 2.54. The number of rotatable bonds is 7. The first-order chi connectivity index (χ1) is 8.79. The van der Waals surface area contributed by atoms with Crippen molar-refractivity contribution in [1.82, 2.24) is 4.31 Å². The summed E-state index contributed by atoms with van der Waals surface area (Å²) in [5.41, 5.74) is -0.502. The third kappa shape index (κ3) is 5.00. The molecule has 19 heavy (non-hydrogen) atoms. The normalized spacial score (nSPS) is 24.5. The summed E-state index contributed by atoms with van der Waals surface area (Å²) in [6.07, 6.45) is -0.0720. The lowest BCUT2D eigenvalue weighted by atomic mass is 10.1. The van der Waals surface area contributed by atoms with Crippen molar-refractivity contribution in [1.29, 1.82) is 0 Å². The number of hydrogen-bond donors (Lipinski definition) is 0. The molecule has 6 nitrogen and oxygen atoms in total. The molecule has 1 aliphatic heterocycles. The Morgan fingerprint density at radius 1 is 1.32 bits per heavy atom. The predicted molar refractivity (Wildman–Crippen MR) is 72.7 cm³/mol. The van der Waals surface area contributed by atoms with Crippen LogP contribution in [0, 0.1) is 0 Å². The number of methoxy groups -OCH3 is 1. The van der Waals surface area contributed by atoms with Crippen molar-refractivity contribution < 1.29 is 22.6 Å². The van der Waals surface area contributed by atoms with Gasteiger partial charge in [-0.15, -0.1) is 0 Å². The Labute approximate surface area is 116 Å². The molecular formula is C12H25NO5S. The molecule has 1 saturated heterocycles. The predicted octanol–water partition coefficient (Wildman–Crippen LogP) is 0.479. The van der Waals surface area contributed by atoms with E-state index in [-0.39, 0.29) is 18.5 Å². The van der Waals surface area contributed by atoms with Gasteiger partial charge >= 0.3 is 0 Å². The van der Waals surface area contributed by atoms with Crippen LogP contribution >= 0.6 is 0 Å². The molecule has 0 aromatic heterocycles. The Kier molecular flexibility index (Phi) is 6.19. The third-order valence-corrected chi connectivity index (χ3v) is 5.07. The summed E-state index contributed by atoms with van der Waals surface area (Å²) in [5, 5.41) is 0. The molecule has 1 heterocycles. The topological polar surface area (TPSA) is 65.1 Å². The molecule has 0 aromatic rings. The Bertz CT molecular complexity index is 368. The van der Waals surface area contributed by atoms with Gasteiger partial charge in [-0.3, -0.25) is 0 Å². The molecule has 0 aliphatic carbocycles. The van der Waals surface area contributed by atoms with Gasteiger partial charge in [-0.1, -0.05) is 0 Å². The van der Waals surface area contributed by atoms with Crippen LogP contribution in [0.1, 0.15) is 20.8 Å². The van der Waals surface area contributed by atoms with E-state index >= 15 is 0 Å². The first-order valence-electron chi connectivity index (χ1n) is 6.48. The van der Waals surface area contributed by atoms with E-state index < -0.39 is 15.6 Å². The molecule has 0 radical (unpaired) electrons. The average molecular weight is 295 g/mol. The van der Waals surface area contributed by atoms with E-state index in [4.69, 9.17) is 14.2 Å². The monoisotopic (exact) mass is 295 g/mol. The van der Waals surface area contributed by atoms with Crippen LogP contribution in [0.15, 0.2) is 0 Å². The van der Waals surface area contributed by atoms with E-state index in [1.807, 2.05) is 20.8 Å². The van der Waals surface area contributed by atoms with Crippen LogP contribution in [0.5, 0.6) is 0 Å². The zero-order valence-electron chi connectivity index (χ0n) is 12.2. The van der Waals surface area contributed by atoms with Crippen molar-refractivity contribution in [2.24, 2.45) is 0 Å². The molecule has 0 bridgehead atoms. The van der Waals surface area contributed by atoms with Crippen molar-refractivity contribution in [3.05, 3.63) is 0 Å². The maximum atomic E-state index is 12.3. The van der Waals surface area contributed by atoms with Crippen LogP contribution in [-0.4, -0.2) is 70.2 Å². The van der Waals surface area contributed by atoms with E-state index in [0.29, 0.717) is 26.4 Å². The summed E-state index contributed by atoms with van der Waals surface area (Å²) in [6.45, 7) is 7.52. The van der Waals surface area contributed by atoms with Gasteiger partial charge in [0.2, 0.25) is 10.0 Å². The number of nitrogens with zero attached hydrogens (tertiary/aromatic N) is 1. The minimum absolute atomic E-state index is 0.00708. The fraction of sp³-hybridized carbons (Fsp3) is 1.00. The highest BCUT2D eigenvalue weighted by atomic mass is 32.2. The summed E-state index contributed by atoms with van der Waals surface area (Å²) in [5.74, 6) is -0.00708. The fourth-order valence-electron chi connectivity index (χ4n) is 1.96. The summed E-state index contributed by atoms with van der Waals surface area (Å²) in [7, 11) is -1.74. The second kappa shape index (κ2) is 6.99. The third-order valence-electron chi connectivity index (χ3n) is 3.07. The molecule has 1 aliphatic rings. The zero-order chi connectivity index (χ0) is 14.5. The van der Waals surface area contributed by atoms with Gasteiger partial charge in [-0.05, 0) is 20.8 Å². The number of morpholine rings is 1. The lowest BCUT2D eigenvalue weighted by molar-refractivity contribution is -0.0552. The molecule has 7 heteroatoms. The second-order valence-electron chi connectivity index (χ2n) is 5.39. The van der Waals surface area contributed by atoms with Crippen LogP contribution in [-0.2, 0) is 24.2 Å². The van der Waals surface area contributed by atoms with Gasteiger partial charge in [0.15, 0.2) is 0 Å². The smallest absolute Gasteiger partial charge is 0.217 e. The quantitative estimate of drug-likeness (QED) is 0.639. The fourth-order valence-corrected chi connectivity index (χ4v) is 3.75. The van der Waals surface area contributed by atoms with Gasteiger partial charge in [-0.25, -0.2) is 8.42 Å². The minimum atomic E-state index is -3.32. The van der Waals surface area contributed by atoms with Crippen molar-refractivity contribution >= 4 is 10.0 Å². The Hall–Kier alpha value is -0.210. The largest absolute Gasteiger partial charge is 0.382 e. The molecule has 0 amide bonds. The SMILES string of the molecule is COCCOCCS(=O)(=O)N1CC(C)OCC1(C)C. The summed E-state index contributed by atoms with van der Waals surface area (Å²) in [4.78, 5) is 0. The molecule has 1 fully saturated rings. The highest BCUT2D eigenvalue weighted by Crippen LogP contribution is 2.25. The number of sulfonamides is 1. The van der Waals surface area contributed by atoms with Gasteiger partial charge in [0.1, 0.15) is 0 Å². The van der Waals surface area contributed by atoms with E-state index in [1.54, 1.807) is 7.11 Å². The van der Waals surface area contributed by atoms with Crippen molar-refractivity contribution in [3.8, 4) is 0 Å². The van der Waals surface area contributed by atoms with Crippen molar-refractivity contribution in [3.63, 3.8) is 0 Å². The Morgan fingerprint density at radius 3 is 2.63 bits per heavy atom. The van der Waals surface area contributed by atoms with Gasteiger partial charge in [-0.2, -0.15) is 4.31 Å². The molecule has 114 valence electrons. The van der Waals surface area contributed by atoms with E-state index in [9.17, 15) is 8.42 Å². The maximum absolute atomic E-state index is 12.3. The molecule has 0 N–H and O–H groups in total. The molecule has 0 aromatic carbocycles. The van der Waals surface area contributed by atoms with E-state index in [1.165, 1.54) is 4.31 Å². The first-order valence-corrected chi connectivity index (χ1v) is 8.09. The summed E-state index contributed by atoms with van der Waals surface area (Å²) < 4.78 is 41.8. The van der Waals surface area contributed by atoms with E-state index in [0.717, 1.165) is 0 Å². The Morgan fingerprint density at radius 2 is 2.00 bits per heavy atom. The molecule has 1 atom stereocenters. The van der Waals surface area contributed by atoms with Gasteiger partial charge in [0.05, 0.1) is 43.8 Å². The van der Waals surface area contributed by atoms with Crippen LogP contribution < -0.4 is 0 Å². The van der Waals surface area contributed by atoms with Crippen molar-refractivity contribution in [2.45, 2.75) is 32.4 Å². The zero-order valence-corrected chi connectivity index (χ0v) is 13.0. The number of ether oxygens (including phenoxy) is 3. The second-order valence-corrected chi connectivity index (χ2v) is 7.40. The van der Waals surface area contributed by atoms with Gasteiger partial charge in [0, 0.05) is 13.7 Å². The van der Waals surface area contributed by atoms with Crippen molar-refractivity contribution in [2.75, 3.05) is 45.8 Å². The summed E-state index contributed by atoms with van der Waals surface area (Å²) in [6, 6.07) is 0. The molecule has 0 saturated carbocycles. The average Bonchev–Trinajstić information content (AvgIpc) is 2.32.